The molecule has 1 saturated heterocycles. The van der Waals surface area contributed by atoms with Gasteiger partial charge in [-0.1, -0.05) is 0 Å². The quantitative estimate of drug-likeness (QED) is 0.337. The van der Waals surface area contributed by atoms with Crippen molar-refractivity contribution in [1.82, 2.24) is 14.5 Å². The first-order chi connectivity index (χ1) is 3.79. The van der Waals surface area contributed by atoms with Gasteiger partial charge in [0.15, 0.2) is 0 Å². The van der Waals surface area contributed by atoms with E-state index in [4.69, 9.17) is 23.2 Å². The first kappa shape index (κ1) is 6.77. The van der Waals surface area contributed by atoms with Crippen LogP contribution >= 0.6 is 23.2 Å². The molecule has 1 heterocycles. The SMILES string of the molecule is ClB1N[B]N(Cl)[B]N1. The molecule has 1 rings (SSSR count). The number of nitrogens with one attached hydrogen (secondary N) is 2. The normalized spacial score (nSPS) is 22.0. The van der Waals surface area contributed by atoms with Gasteiger partial charge in [0.2, 0.25) is 0 Å². The van der Waals surface area contributed by atoms with Crippen LogP contribution in [0.4, 0.5) is 0 Å². The molecular formula is H2B3Cl2N3. The maximum Gasteiger partial charge on any atom is 0.392 e. The lowest BCUT2D eigenvalue weighted by Gasteiger charge is -2.20. The molecule has 1 aliphatic heterocycles. The Morgan fingerprint density at radius 2 is 1.88 bits per heavy atom. The average molecular weight is 147 g/mol. The minimum atomic E-state index is -0.245. The summed E-state index contributed by atoms with van der Waals surface area (Å²) in [4.78, 5) is 0. The fourth-order valence-corrected chi connectivity index (χ4v) is 0.584. The topological polar surface area (TPSA) is 27.3 Å². The van der Waals surface area contributed by atoms with E-state index >= 15 is 0 Å². The van der Waals surface area contributed by atoms with Crippen molar-refractivity contribution < 1.29 is 0 Å². The number of halogens is 2. The summed E-state index contributed by atoms with van der Waals surface area (Å²) >= 11 is 10.9. The Morgan fingerprint density at radius 3 is 2.25 bits per heavy atom. The van der Waals surface area contributed by atoms with Gasteiger partial charge in [-0.15, -0.1) is 0 Å². The van der Waals surface area contributed by atoms with Gasteiger partial charge >= 0.3 is 21.5 Å². The van der Waals surface area contributed by atoms with Gasteiger partial charge in [-0.25, -0.2) is 0 Å². The van der Waals surface area contributed by atoms with Gasteiger partial charge in [-0.05, 0) is 11.8 Å². The fraction of sp³-hybridized carbons (Fsp3) is 0. The Hall–Kier alpha value is 0.655. The molecule has 0 amide bonds. The zero-order valence-electron chi connectivity index (χ0n) is 3.94. The molecule has 0 aromatic heterocycles. The molecule has 0 aromatic carbocycles. The minimum Gasteiger partial charge on any atom is -0.360 e. The number of hydrogen-bond acceptors (Lipinski definition) is 3. The van der Waals surface area contributed by atoms with E-state index in [2.05, 4.69) is 10.3 Å². The van der Waals surface area contributed by atoms with Crippen molar-refractivity contribution in [2.45, 2.75) is 0 Å². The molecule has 40 valence electrons. The van der Waals surface area contributed by atoms with Crippen molar-refractivity contribution in [3.8, 4) is 0 Å². The predicted molar refractivity (Wildman–Crippen MR) is 37.1 cm³/mol. The third-order valence-electron chi connectivity index (χ3n) is 0.688. The fourth-order valence-electron chi connectivity index (χ4n) is 0.359. The van der Waals surface area contributed by atoms with Crippen molar-refractivity contribution in [3.63, 3.8) is 0 Å². The average Bonchev–Trinajstić information content (AvgIpc) is 1.77. The van der Waals surface area contributed by atoms with E-state index in [1.165, 1.54) is 4.24 Å². The van der Waals surface area contributed by atoms with Crippen LogP contribution < -0.4 is 10.3 Å². The van der Waals surface area contributed by atoms with Crippen molar-refractivity contribution in [1.29, 1.82) is 0 Å². The summed E-state index contributed by atoms with van der Waals surface area (Å²) in [5.74, 6) is 0. The molecule has 1 fully saturated rings. The first-order valence-electron chi connectivity index (χ1n) is 2.06. The van der Waals surface area contributed by atoms with Gasteiger partial charge in [0.1, 0.15) is 0 Å². The van der Waals surface area contributed by atoms with Crippen LogP contribution in [0.15, 0.2) is 0 Å². The molecule has 2 radical (unpaired) electrons. The number of nitrogens with zero attached hydrogens (tertiary/aromatic N) is 1. The largest absolute Gasteiger partial charge is 0.392 e. The van der Waals surface area contributed by atoms with E-state index in [0.717, 1.165) is 0 Å². The summed E-state index contributed by atoms with van der Waals surface area (Å²) in [7, 11) is 3.10. The molecule has 2 N–H and O–H groups in total. The summed E-state index contributed by atoms with van der Waals surface area (Å²) in [6, 6.07) is 0. The van der Waals surface area contributed by atoms with Crippen LogP contribution in [0.3, 0.4) is 0 Å². The molecular weight excluding hydrogens is 145 g/mol. The van der Waals surface area contributed by atoms with E-state index in [9.17, 15) is 0 Å². The molecule has 0 bridgehead atoms. The predicted octanol–water partition coefficient (Wildman–Crippen LogP) is -1.07. The van der Waals surface area contributed by atoms with Crippen LogP contribution in [0.2, 0.25) is 0 Å². The van der Waals surface area contributed by atoms with Crippen LogP contribution in [0, 0.1) is 0 Å². The molecule has 0 aromatic rings. The van der Waals surface area contributed by atoms with E-state index in [0.29, 0.717) is 0 Å². The standard InChI is InChI=1S/B3Cl2H2N3/c4-3-6-1-8(5)2-7-3/h6-7H. The minimum absolute atomic E-state index is 0.245. The monoisotopic (exact) mass is 147 g/mol. The van der Waals surface area contributed by atoms with E-state index in [1.807, 2.05) is 0 Å². The van der Waals surface area contributed by atoms with E-state index in [1.54, 1.807) is 15.1 Å². The molecule has 8 heavy (non-hydrogen) atoms. The summed E-state index contributed by atoms with van der Waals surface area (Å²) in [5.41, 5.74) is 0. The highest BCUT2D eigenvalue weighted by molar-refractivity contribution is 7.09. The van der Waals surface area contributed by atoms with Crippen molar-refractivity contribution in [2.75, 3.05) is 0 Å². The molecule has 0 spiro atoms. The van der Waals surface area contributed by atoms with Gasteiger partial charge in [0, 0.05) is 0 Å². The lowest BCUT2D eigenvalue weighted by molar-refractivity contribution is 1.03. The lowest BCUT2D eigenvalue weighted by atomic mass is 9.84. The second-order valence-electron chi connectivity index (χ2n) is 1.30. The Kier molecular flexibility index (Phi) is 2.53. The molecule has 1 aliphatic rings. The maximum atomic E-state index is 5.51. The zero-order chi connectivity index (χ0) is 5.98. The first-order valence-corrected chi connectivity index (χ1v) is 2.83. The Labute approximate surface area is 59.8 Å². The number of rotatable bonds is 0. The van der Waals surface area contributed by atoms with Gasteiger partial charge in [-0.2, -0.15) is 11.5 Å². The van der Waals surface area contributed by atoms with Crippen molar-refractivity contribution in [2.24, 2.45) is 0 Å². The second kappa shape index (κ2) is 2.99. The molecule has 0 aliphatic carbocycles. The lowest BCUT2D eigenvalue weighted by Crippen LogP contribution is -2.59. The molecule has 0 unspecified atom stereocenters. The molecule has 0 saturated carbocycles. The maximum absolute atomic E-state index is 5.51. The van der Waals surface area contributed by atoms with Crippen LogP contribution in [0.25, 0.3) is 0 Å². The van der Waals surface area contributed by atoms with Crippen LogP contribution in [-0.4, -0.2) is 25.7 Å². The zero-order valence-corrected chi connectivity index (χ0v) is 5.45. The van der Waals surface area contributed by atoms with Crippen LogP contribution in [-0.2, 0) is 0 Å². The molecule has 0 atom stereocenters. The highest BCUT2D eigenvalue weighted by Gasteiger charge is 2.20. The van der Waals surface area contributed by atoms with Gasteiger partial charge in [0.25, 0.3) is 0 Å². The molecule has 8 heteroatoms. The van der Waals surface area contributed by atoms with Crippen molar-refractivity contribution in [3.05, 3.63) is 0 Å². The second-order valence-corrected chi connectivity index (χ2v) is 2.13. The van der Waals surface area contributed by atoms with Crippen LogP contribution in [0.5, 0.6) is 0 Å². The summed E-state index contributed by atoms with van der Waals surface area (Å²) in [6.45, 7) is 0. The summed E-state index contributed by atoms with van der Waals surface area (Å²) < 4.78 is 1.32. The van der Waals surface area contributed by atoms with Crippen LogP contribution in [0.1, 0.15) is 0 Å². The highest BCUT2D eigenvalue weighted by Crippen LogP contribution is 1.90. The Bertz CT molecular complexity index is 60.9. The smallest absolute Gasteiger partial charge is 0.360 e. The molecule has 3 nitrogen and oxygen atoms in total. The number of hydrogen-bond donors (Lipinski definition) is 2. The third-order valence-corrected chi connectivity index (χ3v) is 1.14. The third kappa shape index (κ3) is 1.87. The Balaban J connectivity index is 2.19. The highest BCUT2D eigenvalue weighted by atomic mass is 35.5. The summed E-state index contributed by atoms with van der Waals surface area (Å²) in [6.07, 6.45) is -0.245. The van der Waals surface area contributed by atoms with E-state index < -0.39 is 0 Å². The Morgan fingerprint density at radius 1 is 1.38 bits per heavy atom. The van der Waals surface area contributed by atoms with Gasteiger partial charge in [-0.3, -0.25) is 4.24 Å². The van der Waals surface area contributed by atoms with E-state index in [-0.39, 0.29) is 6.40 Å². The van der Waals surface area contributed by atoms with Crippen molar-refractivity contribution >= 4 is 44.7 Å². The van der Waals surface area contributed by atoms with Gasteiger partial charge in [0.05, 0.1) is 0 Å². The van der Waals surface area contributed by atoms with Gasteiger partial charge < -0.3 is 10.3 Å². The summed E-state index contributed by atoms with van der Waals surface area (Å²) in [5, 5.41) is 5.45.